The highest BCUT2D eigenvalue weighted by Crippen LogP contribution is 2.27. The van der Waals surface area contributed by atoms with Gasteiger partial charge in [0.05, 0.1) is 37.5 Å². The number of ether oxygens (including phenoxy) is 1. The number of benzene rings is 1. The van der Waals surface area contributed by atoms with E-state index in [1.807, 2.05) is 19.1 Å². The summed E-state index contributed by atoms with van der Waals surface area (Å²) in [6.07, 6.45) is 5.65. The minimum absolute atomic E-state index is 0.0149. The average molecular weight is 376 g/mol. The molecule has 1 N–H and O–H groups in total. The van der Waals surface area contributed by atoms with Gasteiger partial charge in [0, 0.05) is 6.42 Å². The fraction of sp³-hybridized carbons (Fsp3) is 0.636. The summed E-state index contributed by atoms with van der Waals surface area (Å²) >= 11 is 0. The highest BCUT2D eigenvalue weighted by Gasteiger charge is 2.40. The molecule has 1 unspecified atom stereocenters. The molecule has 0 aliphatic carbocycles. The van der Waals surface area contributed by atoms with Crippen LogP contribution in [0.3, 0.4) is 0 Å². The first-order chi connectivity index (χ1) is 13.0. The van der Waals surface area contributed by atoms with Gasteiger partial charge in [-0.2, -0.15) is 0 Å². The lowest BCUT2D eigenvalue weighted by atomic mass is 10.0. The van der Waals surface area contributed by atoms with E-state index < -0.39 is 5.97 Å². The summed E-state index contributed by atoms with van der Waals surface area (Å²) in [6.45, 7) is 11.4. The van der Waals surface area contributed by atoms with E-state index >= 15 is 0 Å². The third-order valence-electron chi connectivity index (χ3n) is 5.95. The molecule has 1 atom stereocenters. The second kappa shape index (κ2) is 9.88. The largest absolute Gasteiger partial charge is 0.462 e. The number of anilines is 1. The van der Waals surface area contributed by atoms with Gasteiger partial charge in [0.25, 0.3) is 5.91 Å². The first kappa shape index (κ1) is 21.4. The Balaban J connectivity index is 2.30. The van der Waals surface area contributed by atoms with Crippen molar-refractivity contribution in [2.75, 3.05) is 31.6 Å². The highest BCUT2D eigenvalue weighted by atomic mass is 16.5. The molecular formula is C22H35N2O3+. The molecule has 1 amide bonds. The van der Waals surface area contributed by atoms with Crippen LogP contribution in [0.5, 0.6) is 0 Å². The lowest BCUT2D eigenvalue weighted by Gasteiger charge is -2.42. The molecule has 1 saturated heterocycles. The summed E-state index contributed by atoms with van der Waals surface area (Å²) in [6, 6.07) is 5.36. The van der Waals surface area contributed by atoms with Crippen molar-refractivity contribution in [2.45, 2.75) is 65.8 Å². The van der Waals surface area contributed by atoms with Crippen LogP contribution in [0.15, 0.2) is 18.2 Å². The van der Waals surface area contributed by atoms with Gasteiger partial charge in [-0.25, -0.2) is 4.79 Å². The maximum atomic E-state index is 13.3. The van der Waals surface area contributed by atoms with E-state index in [4.69, 9.17) is 4.74 Å². The number of nitrogens with zero attached hydrogens (tertiary/aromatic N) is 1. The van der Waals surface area contributed by atoms with Crippen LogP contribution in [0, 0.1) is 6.92 Å². The number of carbonyl (C=O) groups is 2. The number of aryl methyl sites for hydroxylation is 1. The van der Waals surface area contributed by atoms with E-state index in [-0.39, 0.29) is 11.9 Å². The summed E-state index contributed by atoms with van der Waals surface area (Å²) in [7, 11) is 0. The van der Waals surface area contributed by atoms with Crippen LogP contribution in [0.2, 0.25) is 0 Å². The fourth-order valence-electron chi connectivity index (χ4n) is 4.41. The number of likely N-dealkylation sites (N-methyl/N-ethyl adjacent to an activating group) is 1. The van der Waals surface area contributed by atoms with Gasteiger partial charge >= 0.3 is 5.97 Å². The maximum absolute atomic E-state index is 13.3. The number of likely N-dealkylation sites (tertiary alicyclic amines) is 1. The number of hydrogen-bond acceptors (Lipinski definition) is 3. The zero-order chi connectivity index (χ0) is 19.9. The molecule has 2 rings (SSSR count). The average Bonchev–Trinajstić information content (AvgIpc) is 2.90. The first-order valence-corrected chi connectivity index (χ1v) is 10.4. The zero-order valence-electron chi connectivity index (χ0n) is 17.3. The van der Waals surface area contributed by atoms with Gasteiger partial charge in [-0.15, -0.1) is 0 Å². The second-order valence-electron chi connectivity index (χ2n) is 7.53. The summed E-state index contributed by atoms with van der Waals surface area (Å²) in [5.41, 5.74) is 1.89. The molecular weight excluding hydrogens is 340 g/mol. The topological polar surface area (TPSA) is 55.4 Å². The second-order valence-corrected chi connectivity index (χ2v) is 7.53. The van der Waals surface area contributed by atoms with Gasteiger partial charge in [0.1, 0.15) is 0 Å². The van der Waals surface area contributed by atoms with E-state index in [1.165, 1.54) is 25.7 Å². The number of carbonyl (C=O) groups excluding carboxylic acids is 2. The smallest absolute Gasteiger partial charge is 0.340 e. The van der Waals surface area contributed by atoms with Crippen LogP contribution in [0.4, 0.5) is 5.69 Å². The minimum atomic E-state index is -0.390. The quantitative estimate of drug-likeness (QED) is 0.571. The Morgan fingerprint density at radius 3 is 2.33 bits per heavy atom. The predicted molar refractivity (Wildman–Crippen MR) is 109 cm³/mol. The van der Waals surface area contributed by atoms with Crippen molar-refractivity contribution in [3.63, 3.8) is 0 Å². The third kappa shape index (κ3) is 4.89. The Bertz CT molecular complexity index is 649. The SMILES string of the molecule is CCOC(=O)c1cccc(C)c1NC(=O)C(CC)[N+]1(CC)CCCCCC1. The van der Waals surface area contributed by atoms with Crippen molar-refractivity contribution in [3.05, 3.63) is 29.3 Å². The van der Waals surface area contributed by atoms with Crippen LogP contribution in [-0.4, -0.2) is 48.6 Å². The van der Waals surface area contributed by atoms with Gasteiger partial charge in [0.15, 0.2) is 6.04 Å². The monoisotopic (exact) mass is 375 g/mol. The molecule has 0 bridgehead atoms. The van der Waals surface area contributed by atoms with E-state index in [9.17, 15) is 9.59 Å². The zero-order valence-corrected chi connectivity index (χ0v) is 17.3. The van der Waals surface area contributed by atoms with E-state index in [2.05, 4.69) is 19.2 Å². The van der Waals surface area contributed by atoms with Crippen LogP contribution in [0.25, 0.3) is 0 Å². The normalized spacial score (nSPS) is 17.6. The molecule has 1 aliphatic rings. The van der Waals surface area contributed by atoms with Crippen molar-refractivity contribution >= 4 is 17.6 Å². The van der Waals surface area contributed by atoms with Crippen LogP contribution in [-0.2, 0) is 9.53 Å². The molecule has 0 radical (unpaired) electrons. The van der Waals surface area contributed by atoms with Crippen LogP contribution < -0.4 is 5.32 Å². The van der Waals surface area contributed by atoms with E-state index in [0.29, 0.717) is 17.9 Å². The highest BCUT2D eigenvalue weighted by molar-refractivity contribution is 6.03. The Morgan fingerprint density at radius 2 is 1.78 bits per heavy atom. The van der Waals surface area contributed by atoms with Crippen LogP contribution in [0.1, 0.15) is 68.8 Å². The summed E-state index contributed by atoms with van der Waals surface area (Å²) in [4.78, 5) is 25.7. The number of para-hydroxylation sites is 1. The molecule has 5 heteroatoms. The van der Waals surface area contributed by atoms with Gasteiger partial charge in [-0.05, 0) is 58.1 Å². The first-order valence-electron chi connectivity index (χ1n) is 10.4. The van der Waals surface area contributed by atoms with Crippen molar-refractivity contribution < 1.29 is 18.8 Å². The van der Waals surface area contributed by atoms with E-state index in [0.717, 1.165) is 36.1 Å². The molecule has 150 valence electrons. The Morgan fingerprint density at radius 1 is 1.11 bits per heavy atom. The molecule has 1 fully saturated rings. The van der Waals surface area contributed by atoms with Crippen molar-refractivity contribution in [3.8, 4) is 0 Å². The number of quaternary nitrogens is 1. The lowest BCUT2D eigenvalue weighted by Crippen LogP contribution is -2.60. The molecule has 27 heavy (non-hydrogen) atoms. The number of amides is 1. The molecule has 0 saturated carbocycles. The van der Waals surface area contributed by atoms with Crippen molar-refractivity contribution in [2.24, 2.45) is 0 Å². The Labute approximate surface area is 163 Å². The number of hydrogen-bond donors (Lipinski definition) is 1. The van der Waals surface area contributed by atoms with Crippen molar-refractivity contribution in [1.82, 2.24) is 0 Å². The van der Waals surface area contributed by atoms with Gasteiger partial charge in [-0.3, -0.25) is 4.79 Å². The van der Waals surface area contributed by atoms with Gasteiger partial charge < -0.3 is 14.5 Å². The molecule has 1 heterocycles. The summed E-state index contributed by atoms with van der Waals surface area (Å²) in [5.74, 6) is -0.375. The minimum Gasteiger partial charge on any atom is -0.462 e. The Kier molecular flexibility index (Phi) is 7.84. The fourth-order valence-corrected chi connectivity index (χ4v) is 4.41. The third-order valence-corrected chi connectivity index (χ3v) is 5.95. The van der Waals surface area contributed by atoms with Gasteiger partial charge in [-0.1, -0.05) is 19.1 Å². The summed E-state index contributed by atoms with van der Waals surface area (Å²) < 4.78 is 6.02. The molecule has 1 aliphatic heterocycles. The molecule has 0 spiro atoms. The number of esters is 1. The molecule has 0 aromatic heterocycles. The predicted octanol–water partition coefficient (Wildman–Crippen LogP) is 4.30. The number of nitrogens with one attached hydrogen (secondary N) is 1. The van der Waals surface area contributed by atoms with Crippen molar-refractivity contribution in [1.29, 1.82) is 0 Å². The standard InChI is InChI=1S/C22H34N2O3/c1-5-19(24(6-2)15-10-8-9-11-16-24)21(25)23-20-17(4)13-12-14-18(20)22(26)27-7-3/h12-14,19H,5-11,15-16H2,1-4H3/p+1. The molecule has 1 aromatic carbocycles. The van der Waals surface area contributed by atoms with Gasteiger partial charge in [0.2, 0.25) is 0 Å². The van der Waals surface area contributed by atoms with Crippen LogP contribution >= 0.6 is 0 Å². The molecule has 1 aromatic rings. The lowest BCUT2D eigenvalue weighted by molar-refractivity contribution is -0.940. The maximum Gasteiger partial charge on any atom is 0.340 e. The Hall–Kier alpha value is -1.88. The number of rotatable bonds is 7. The van der Waals surface area contributed by atoms with E-state index in [1.54, 1.807) is 13.0 Å². The summed E-state index contributed by atoms with van der Waals surface area (Å²) in [5, 5.41) is 3.09. The molecule has 5 nitrogen and oxygen atoms in total.